The van der Waals surface area contributed by atoms with Gasteiger partial charge >= 0.3 is 0 Å². The van der Waals surface area contributed by atoms with Crippen molar-refractivity contribution in [2.45, 2.75) is 31.3 Å². The number of rotatable bonds is 5. The van der Waals surface area contributed by atoms with Gasteiger partial charge in [-0.05, 0) is 41.3 Å². The van der Waals surface area contributed by atoms with E-state index in [4.69, 9.17) is 10.7 Å². The predicted molar refractivity (Wildman–Crippen MR) is 122 cm³/mol. The van der Waals surface area contributed by atoms with Crippen molar-refractivity contribution < 1.29 is 4.79 Å². The quantitative estimate of drug-likeness (QED) is 0.670. The standard InChI is InChI=1S/C24H25N3OS/c1-24(20-12-11-18-9-5-6-10-19(18)16-20)13-14-29-23(27-24)26-21(22(25)28)15-17-7-3-2-4-8-17/h2-12,16,21H,13-15H2,1H3,(H2,25,28)(H,26,27)/t21-,24?/m0/s1. The van der Waals surface area contributed by atoms with Crippen molar-refractivity contribution in [1.82, 2.24) is 5.32 Å². The monoisotopic (exact) mass is 403 g/mol. The Morgan fingerprint density at radius 2 is 1.83 bits per heavy atom. The van der Waals surface area contributed by atoms with Gasteiger partial charge in [0.1, 0.15) is 6.04 Å². The molecule has 3 aromatic carbocycles. The molecular weight excluding hydrogens is 378 g/mol. The van der Waals surface area contributed by atoms with Gasteiger partial charge in [0.15, 0.2) is 5.17 Å². The molecule has 3 aromatic rings. The summed E-state index contributed by atoms with van der Waals surface area (Å²) in [4.78, 5) is 16.7. The molecular formula is C24H25N3OS. The SMILES string of the molecule is CC1(c2ccc3ccccc3c2)CCSC(=N[C@@H](Cc2ccccc2)C(N)=O)N1. The van der Waals surface area contributed by atoms with Crippen molar-refractivity contribution in [2.75, 3.05) is 5.75 Å². The number of hydrogen-bond donors (Lipinski definition) is 2. The van der Waals surface area contributed by atoms with E-state index in [1.807, 2.05) is 30.3 Å². The Bertz CT molecular complexity index is 1050. The van der Waals surface area contributed by atoms with E-state index < -0.39 is 11.9 Å². The number of carbonyl (C=O) groups is 1. The van der Waals surface area contributed by atoms with E-state index in [9.17, 15) is 4.79 Å². The predicted octanol–water partition coefficient (Wildman–Crippen LogP) is 4.23. The Hall–Kier alpha value is -2.79. The number of primary amides is 1. The van der Waals surface area contributed by atoms with Gasteiger partial charge in [-0.1, -0.05) is 78.5 Å². The molecule has 1 amide bonds. The highest BCUT2D eigenvalue weighted by atomic mass is 32.2. The van der Waals surface area contributed by atoms with Gasteiger partial charge in [0, 0.05) is 12.2 Å². The summed E-state index contributed by atoms with van der Waals surface area (Å²) in [5.41, 5.74) is 7.71. The molecule has 3 N–H and O–H groups in total. The molecule has 148 valence electrons. The van der Waals surface area contributed by atoms with Crippen LogP contribution in [0.1, 0.15) is 24.5 Å². The molecule has 0 aromatic heterocycles. The highest BCUT2D eigenvalue weighted by Gasteiger charge is 2.32. The Labute approximate surface area is 175 Å². The van der Waals surface area contributed by atoms with E-state index >= 15 is 0 Å². The lowest BCUT2D eigenvalue weighted by molar-refractivity contribution is -0.119. The van der Waals surface area contributed by atoms with Gasteiger partial charge in [-0.25, -0.2) is 4.99 Å². The van der Waals surface area contributed by atoms with Gasteiger partial charge in [-0.3, -0.25) is 4.79 Å². The minimum absolute atomic E-state index is 0.233. The van der Waals surface area contributed by atoms with E-state index in [-0.39, 0.29) is 5.54 Å². The maximum Gasteiger partial charge on any atom is 0.242 e. The van der Waals surface area contributed by atoms with Crippen molar-refractivity contribution in [1.29, 1.82) is 0 Å². The zero-order valence-corrected chi connectivity index (χ0v) is 17.3. The number of amidine groups is 1. The van der Waals surface area contributed by atoms with Gasteiger partial charge in [0.25, 0.3) is 0 Å². The number of nitrogens with zero attached hydrogens (tertiary/aromatic N) is 1. The molecule has 4 nitrogen and oxygen atoms in total. The number of nitrogens with one attached hydrogen (secondary N) is 1. The average Bonchev–Trinajstić information content (AvgIpc) is 2.74. The van der Waals surface area contributed by atoms with Crippen molar-refractivity contribution in [3.05, 3.63) is 83.9 Å². The number of benzene rings is 3. The number of hydrogen-bond acceptors (Lipinski definition) is 3. The second-order valence-electron chi connectivity index (χ2n) is 7.66. The Kier molecular flexibility index (Phi) is 5.58. The molecule has 1 aliphatic rings. The van der Waals surface area contributed by atoms with Gasteiger partial charge in [-0.2, -0.15) is 0 Å². The molecule has 2 atom stereocenters. The smallest absolute Gasteiger partial charge is 0.242 e. The topological polar surface area (TPSA) is 67.5 Å². The molecule has 4 rings (SSSR count). The molecule has 0 saturated carbocycles. The first-order chi connectivity index (χ1) is 14.0. The highest BCUT2D eigenvalue weighted by molar-refractivity contribution is 8.13. The van der Waals surface area contributed by atoms with Gasteiger partial charge < -0.3 is 11.1 Å². The van der Waals surface area contributed by atoms with Crippen LogP contribution in [0.5, 0.6) is 0 Å². The second-order valence-corrected chi connectivity index (χ2v) is 8.74. The molecule has 0 radical (unpaired) electrons. The third-order valence-corrected chi connectivity index (χ3v) is 6.37. The molecule has 1 heterocycles. The lowest BCUT2D eigenvalue weighted by atomic mass is 9.88. The fourth-order valence-corrected chi connectivity index (χ4v) is 4.90. The summed E-state index contributed by atoms with van der Waals surface area (Å²) >= 11 is 1.65. The van der Waals surface area contributed by atoms with E-state index in [2.05, 4.69) is 54.7 Å². The Balaban J connectivity index is 1.59. The lowest BCUT2D eigenvalue weighted by Crippen LogP contribution is -2.47. The molecule has 1 unspecified atom stereocenters. The fourth-order valence-electron chi connectivity index (χ4n) is 3.69. The van der Waals surface area contributed by atoms with Crippen LogP contribution in [0.25, 0.3) is 10.8 Å². The zero-order valence-electron chi connectivity index (χ0n) is 16.5. The van der Waals surface area contributed by atoms with Crippen molar-refractivity contribution in [2.24, 2.45) is 10.7 Å². The molecule has 5 heteroatoms. The average molecular weight is 404 g/mol. The number of fused-ring (bicyclic) bond motifs is 1. The first-order valence-corrected chi connectivity index (χ1v) is 10.8. The number of aliphatic imine (C=N–C) groups is 1. The lowest BCUT2D eigenvalue weighted by Gasteiger charge is -2.37. The number of amides is 1. The maximum atomic E-state index is 12.0. The zero-order chi connectivity index (χ0) is 20.3. The largest absolute Gasteiger partial charge is 0.368 e. The van der Waals surface area contributed by atoms with Crippen molar-refractivity contribution >= 4 is 33.6 Å². The van der Waals surface area contributed by atoms with Gasteiger partial charge in [-0.15, -0.1) is 0 Å². The Morgan fingerprint density at radius 3 is 2.59 bits per heavy atom. The number of carbonyl (C=O) groups excluding carboxylic acids is 1. The van der Waals surface area contributed by atoms with Crippen molar-refractivity contribution in [3.63, 3.8) is 0 Å². The van der Waals surface area contributed by atoms with Crippen LogP contribution in [0, 0.1) is 0 Å². The van der Waals surface area contributed by atoms with E-state index in [1.165, 1.54) is 16.3 Å². The molecule has 0 aliphatic carbocycles. The maximum absolute atomic E-state index is 12.0. The molecule has 1 fully saturated rings. The summed E-state index contributed by atoms with van der Waals surface area (Å²) in [6, 6.07) is 24.3. The molecule has 0 spiro atoms. The van der Waals surface area contributed by atoms with Crippen LogP contribution in [-0.2, 0) is 16.8 Å². The molecule has 1 aliphatic heterocycles. The van der Waals surface area contributed by atoms with E-state index in [0.29, 0.717) is 6.42 Å². The van der Waals surface area contributed by atoms with Gasteiger partial charge in [0.05, 0.1) is 5.54 Å². The van der Waals surface area contributed by atoms with E-state index in [0.717, 1.165) is 22.9 Å². The third-order valence-electron chi connectivity index (χ3n) is 5.48. The third kappa shape index (κ3) is 4.46. The van der Waals surface area contributed by atoms with Crippen LogP contribution in [0.15, 0.2) is 77.8 Å². The second kappa shape index (κ2) is 8.29. The first-order valence-electron chi connectivity index (χ1n) is 9.85. The van der Waals surface area contributed by atoms with Crippen LogP contribution < -0.4 is 11.1 Å². The fraction of sp³-hybridized carbons (Fsp3) is 0.250. The van der Waals surface area contributed by atoms with Gasteiger partial charge in [0.2, 0.25) is 5.91 Å². The summed E-state index contributed by atoms with van der Waals surface area (Å²) in [7, 11) is 0. The summed E-state index contributed by atoms with van der Waals surface area (Å²) in [6.07, 6.45) is 1.49. The number of nitrogens with two attached hydrogens (primary N) is 1. The van der Waals surface area contributed by atoms with Crippen LogP contribution in [0.4, 0.5) is 0 Å². The molecule has 1 saturated heterocycles. The normalized spacial score (nSPS) is 21.6. The van der Waals surface area contributed by atoms with Crippen LogP contribution in [0.2, 0.25) is 0 Å². The summed E-state index contributed by atoms with van der Waals surface area (Å²) in [5, 5.41) is 6.83. The Morgan fingerprint density at radius 1 is 1.10 bits per heavy atom. The molecule has 29 heavy (non-hydrogen) atoms. The highest BCUT2D eigenvalue weighted by Crippen LogP contribution is 2.33. The minimum Gasteiger partial charge on any atom is -0.368 e. The summed E-state index contributed by atoms with van der Waals surface area (Å²) in [5.74, 6) is 0.535. The van der Waals surface area contributed by atoms with Crippen molar-refractivity contribution in [3.8, 4) is 0 Å². The summed E-state index contributed by atoms with van der Waals surface area (Å²) in [6.45, 7) is 2.20. The van der Waals surface area contributed by atoms with Crippen LogP contribution in [0.3, 0.4) is 0 Å². The van der Waals surface area contributed by atoms with Crippen LogP contribution >= 0.6 is 11.8 Å². The van der Waals surface area contributed by atoms with Crippen LogP contribution in [-0.4, -0.2) is 22.9 Å². The summed E-state index contributed by atoms with van der Waals surface area (Å²) < 4.78 is 0. The van der Waals surface area contributed by atoms with E-state index in [1.54, 1.807) is 11.8 Å². The first kappa shape index (κ1) is 19.5. The molecule has 0 bridgehead atoms. The minimum atomic E-state index is -0.577. The number of thioether (sulfide) groups is 1.